The van der Waals surface area contributed by atoms with E-state index in [9.17, 15) is 4.79 Å². The fourth-order valence-corrected chi connectivity index (χ4v) is 2.24. The summed E-state index contributed by atoms with van der Waals surface area (Å²) in [5, 5.41) is 3.31. The number of amides is 1. The maximum atomic E-state index is 11.9. The lowest BCUT2D eigenvalue weighted by atomic mass is 9.93. The van der Waals surface area contributed by atoms with Crippen molar-refractivity contribution in [2.75, 3.05) is 26.4 Å². The second-order valence-electron chi connectivity index (χ2n) is 6.55. The van der Waals surface area contributed by atoms with Crippen molar-refractivity contribution >= 4 is 5.91 Å². The van der Waals surface area contributed by atoms with Crippen molar-refractivity contribution in [1.29, 1.82) is 0 Å². The number of ether oxygens (including phenoxy) is 2. The van der Waals surface area contributed by atoms with E-state index in [1.165, 1.54) is 0 Å². The van der Waals surface area contributed by atoms with Gasteiger partial charge in [0.15, 0.2) is 0 Å². The first-order valence-corrected chi connectivity index (χ1v) is 7.58. The van der Waals surface area contributed by atoms with Gasteiger partial charge in [-0.1, -0.05) is 6.92 Å². The van der Waals surface area contributed by atoms with Crippen molar-refractivity contribution in [2.45, 2.75) is 58.1 Å². The van der Waals surface area contributed by atoms with E-state index in [-0.39, 0.29) is 11.5 Å². The fourth-order valence-electron chi connectivity index (χ4n) is 2.24. The summed E-state index contributed by atoms with van der Waals surface area (Å²) in [5.74, 6) is 0.0141. The Kier molecular flexibility index (Phi) is 6.43. The van der Waals surface area contributed by atoms with Crippen LogP contribution in [0.1, 0.15) is 47.0 Å². The van der Waals surface area contributed by atoms with Gasteiger partial charge in [0.1, 0.15) is 5.54 Å². The molecule has 0 saturated heterocycles. The molecule has 1 fully saturated rings. The van der Waals surface area contributed by atoms with Crippen molar-refractivity contribution in [3.8, 4) is 0 Å². The molecule has 1 atom stereocenters. The van der Waals surface area contributed by atoms with Gasteiger partial charge in [0.05, 0.1) is 25.4 Å². The van der Waals surface area contributed by atoms with Crippen LogP contribution in [0.5, 0.6) is 0 Å². The molecule has 0 aliphatic heterocycles. The SMILES string of the molecule is CCCNC(COCCOC(C)(C)C)(C(N)=O)C1CC1. The largest absolute Gasteiger partial charge is 0.377 e. The second-order valence-corrected chi connectivity index (χ2v) is 6.55. The summed E-state index contributed by atoms with van der Waals surface area (Å²) >= 11 is 0. The lowest BCUT2D eigenvalue weighted by Gasteiger charge is -2.32. The Morgan fingerprint density at radius 1 is 1.30 bits per heavy atom. The third-order valence-corrected chi connectivity index (χ3v) is 3.50. The van der Waals surface area contributed by atoms with Gasteiger partial charge in [-0.2, -0.15) is 0 Å². The van der Waals surface area contributed by atoms with E-state index >= 15 is 0 Å². The summed E-state index contributed by atoms with van der Waals surface area (Å²) < 4.78 is 11.3. The van der Waals surface area contributed by atoms with Gasteiger partial charge in [-0.3, -0.25) is 4.79 Å². The number of carbonyl (C=O) groups is 1. The molecule has 0 aromatic heterocycles. The van der Waals surface area contributed by atoms with Crippen LogP contribution in [0.3, 0.4) is 0 Å². The Bertz CT molecular complexity index is 311. The van der Waals surface area contributed by atoms with Crippen LogP contribution in [0.25, 0.3) is 0 Å². The molecule has 1 amide bonds. The summed E-state index contributed by atoms with van der Waals surface area (Å²) in [5.41, 5.74) is 4.76. The lowest BCUT2D eigenvalue weighted by Crippen LogP contribution is -2.60. The zero-order valence-electron chi connectivity index (χ0n) is 13.3. The molecule has 0 aromatic carbocycles. The Labute approximate surface area is 122 Å². The first-order chi connectivity index (χ1) is 9.32. The van der Waals surface area contributed by atoms with E-state index in [4.69, 9.17) is 15.2 Å². The lowest BCUT2D eigenvalue weighted by molar-refractivity contribution is -0.129. The molecule has 118 valence electrons. The minimum atomic E-state index is -0.697. The minimum Gasteiger partial charge on any atom is -0.377 e. The van der Waals surface area contributed by atoms with Crippen molar-refractivity contribution in [1.82, 2.24) is 5.32 Å². The summed E-state index contributed by atoms with van der Waals surface area (Å²) in [6.45, 7) is 10.2. The van der Waals surface area contributed by atoms with Gasteiger partial charge < -0.3 is 20.5 Å². The maximum absolute atomic E-state index is 11.9. The van der Waals surface area contributed by atoms with Gasteiger partial charge >= 0.3 is 0 Å². The Morgan fingerprint density at radius 2 is 1.95 bits per heavy atom. The van der Waals surface area contributed by atoms with Crippen LogP contribution < -0.4 is 11.1 Å². The number of nitrogens with one attached hydrogen (secondary N) is 1. The van der Waals surface area contributed by atoms with Gasteiger partial charge in [0.25, 0.3) is 0 Å². The van der Waals surface area contributed by atoms with Crippen LogP contribution in [0, 0.1) is 5.92 Å². The topological polar surface area (TPSA) is 73.6 Å². The molecule has 3 N–H and O–H groups in total. The van der Waals surface area contributed by atoms with E-state index in [1.54, 1.807) is 0 Å². The molecular weight excluding hydrogens is 256 g/mol. The fraction of sp³-hybridized carbons (Fsp3) is 0.933. The normalized spacial score (nSPS) is 18.8. The van der Waals surface area contributed by atoms with Crippen molar-refractivity contribution < 1.29 is 14.3 Å². The maximum Gasteiger partial charge on any atom is 0.240 e. The highest BCUT2D eigenvalue weighted by Gasteiger charge is 2.49. The molecule has 1 saturated carbocycles. The standard InChI is InChI=1S/C15H30N2O3/c1-5-8-17-15(13(16)18,12-6-7-12)11-19-9-10-20-14(2,3)4/h12,17H,5-11H2,1-4H3,(H2,16,18). The van der Waals surface area contributed by atoms with Crippen LogP contribution in [-0.4, -0.2) is 43.4 Å². The number of hydrogen-bond acceptors (Lipinski definition) is 4. The van der Waals surface area contributed by atoms with E-state index < -0.39 is 5.54 Å². The first-order valence-electron chi connectivity index (χ1n) is 7.58. The van der Waals surface area contributed by atoms with Crippen LogP contribution in [-0.2, 0) is 14.3 Å². The van der Waals surface area contributed by atoms with Gasteiger partial charge in [-0.05, 0) is 52.5 Å². The molecule has 5 heteroatoms. The zero-order chi connectivity index (χ0) is 15.2. The zero-order valence-corrected chi connectivity index (χ0v) is 13.3. The van der Waals surface area contributed by atoms with Crippen LogP contribution >= 0.6 is 0 Å². The summed E-state index contributed by atoms with van der Waals surface area (Å²) in [6, 6.07) is 0. The predicted octanol–water partition coefficient (Wildman–Crippen LogP) is 1.45. The Balaban J connectivity index is 2.42. The third kappa shape index (κ3) is 5.38. The molecule has 20 heavy (non-hydrogen) atoms. The molecule has 0 radical (unpaired) electrons. The monoisotopic (exact) mass is 286 g/mol. The van der Waals surface area contributed by atoms with Gasteiger partial charge in [-0.25, -0.2) is 0 Å². The smallest absolute Gasteiger partial charge is 0.240 e. The minimum absolute atomic E-state index is 0.166. The van der Waals surface area contributed by atoms with Crippen molar-refractivity contribution in [2.24, 2.45) is 11.7 Å². The average molecular weight is 286 g/mol. The van der Waals surface area contributed by atoms with E-state index in [0.717, 1.165) is 25.8 Å². The average Bonchev–Trinajstić information content (AvgIpc) is 3.15. The van der Waals surface area contributed by atoms with E-state index in [2.05, 4.69) is 12.2 Å². The summed E-state index contributed by atoms with van der Waals surface area (Å²) in [7, 11) is 0. The molecule has 0 spiro atoms. The number of carbonyl (C=O) groups excluding carboxylic acids is 1. The second kappa shape index (κ2) is 7.38. The molecule has 1 aliphatic rings. The number of nitrogens with two attached hydrogens (primary N) is 1. The highest BCUT2D eigenvalue weighted by atomic mass is 16.5. The predicted molar refractivity (Wildman–Crippen MR) is 79.5 cm³/mol. The Hall–Kier alpha value is -0.650. The van der Waals surface area contributed by atoms with Crippen molar-refractivity contribution in [3.63, 3.8) is 0 Å². The summed E-state index contributed by atoms with van der Waals surface area (Å²) in [4.78, 5) is 11.9. The number of rotatable bonds is 10. The molecule has 0 bridgehead atoms. The van der Waals surface area contributed by atoms with E-state index in [1.807, 2.05) is 20.8 Å². The van der Waals surface area contributed by atoms with Crippen molar-refractivity contribution in [3.05, 3.63) is 0 Å². The van der Waals surface area contributed by atoms with Crippen LogP contribution in [0.2, 0.25) is 0 Å². The molecule has 0 aromatic rings. The number of primary amides is 1. The molecular formula is C15H30N2O3. The molecule has 0 heterocycles. The van der Waals surface area contributed by atoms with Gasteiger partial charge in [0, 0.05) is 0 Å². The van der Waals surface area contributed by atoms with E-state index in [0.29, 0.717) is 25.7 Å². The first kappa shape index (κ1) is 17.4. The van der Waals surface area contributed by atoms with Crippen LogP contribution in [0.15, 0.2) is 0 Å². The number of hydrogen-bond donors (Lipinski definition) is 2. The Morgan fingerprint density at radius 3 is 2.40 bits per heavy atom. The highest BCUT2D eigenvalue weighted by molar-refractivity contribution is 5.85. The van der Waals surface area contributed by atoms with Gasteiger partial charge in [-0.15, -0.1) is 0 Å². The molecule has 5 nitrogen and oxygen atoms in total. The summed E-state index contributed by atoms with van der Waals surface area (Å²) in [6.07, 6.45) is 3.05. The third-order valence-electron chi connectivity index (χ3n) is 3.50. The molecule has 1 rings (SSSR count). The molecule has 1 aliphatic carbocycles. The van der Waals surface area contributed by atoms with Gasteiger partial charge in [0.2, 0.25) is 5.91 Å². The quantitative estimate of drug-likeness (QED) is 0.596. The molecule has 1 unspecified atom stereocenters. The van der Waals surface area contributed by atoms with Crippen LogP contribution in [0.4, 0.5) is 0 Å². The highest BCUT2D eigenvalue weighted by Crippen LogP contribution is 2.40.